The summed E-state index contributed by atoms with van der Waals surface area (Å²) in [6.07, 6.45) is -3.98. The molecule has 3 N–H and O–H groups in total. The van der Waals surface area contributed by atoms with Gasteiger partial charge in [0.25, 0.3) is 0 Å². The minimum atomic E-state index is -5.08. The van der Waals surface area contributed by atoms with E-state index in [4.69, 9.17) is 20.2 Å². The van der Waals surface area contributed by atoms with Gasteiger partial charge in [0.2, 0.25) is 0 Å². The molecule has 0 spiro atoms. The highest BCUT2D eigenvalue weighted by atomic mass is 19.4. The Morgan fingerprint density at radius 3 is 2.42 bits per heavy atom. The van der Waals surface area contributed by atoms with Gasteiger partial charge in [-0.3, -0.25) is 0 Å². The first-order valence-corrected chi connectivity index (χ1v) is 9.63. The minimum absolute atomic E-state index is 0.389. The molecule has 164 valence electrons. The molecule has 2 aromatic carbocycles. The number of nitrogens with two attached hydrogens (primary N) is 1. The quantitative estimate of drug-likeness (QED) is 0.637. The standard InChI is InChI=1S/C20H21N3O.C2HF3O2/c21-13-17-12-16(22-24-17)14-23-11-10-18(15-6-2-1-3-7-15)19-8-4-5-9-20(19)23;3-2(4,5)1(6)7/h1-9,12,18H,10-11,13-14,21H2;(H,6,7). The number of aromatic nitrogens is 1. The van der Waals surface area contributed by atoms with E-state index in [1.807, 2.05) is 6.07 Å². The van der Waals surface area contributed by atoms with Crippen molar-refractivity contribution in [3.8, 4) is 0 Å². The maximum absolute atomic E-state index is 10.6. The molecule has 1 aliphatic rings. The summed E-state index contributed by atoms with van der Waals surface area (Å²) >= 11 is 0. The maximum atomic E-state index is 10.6. The molecule has 2 heterocycles. The highest BCUT2D eigenvalue weighted by molar-refractivity contribution is 5.73. The number of nitrogens with zero attached hydrogens (tertiary/aromatic N) is 2. The van der Waals surface area contributed by atoms with Crippen molar-refractivity contribution in [2.75, 3.05) is 11.4 Å². The second-order valence-electron chi connectivity index (χ2n) is 7.02. The molecular weight excluding hydrogens is 411 g/mol. The molecule has 9 heteroatoms. The summed E-state index contributed by atoms with van der Waals surface area (Å²) in [5.74, 6) is -1.57. The Labute approximate surface area is 177 Å². The summed E-state index contributed by atoms with van der Waals surface area (Å²) in [5.41, 5.74) is 10.6. The first-order valence-electron chi connectivity index (χ1n) is 9.63. The Balaban J connectivity index is 0.000000339. The number of fused-ring (bicyclic) bond motifs is 1. The molecule has 0 amide bonds. The average molecular weight is 433 g/mol. The van der Waals surface area contributed by atoms with Gasteiger partial charge in [0.05, 0.1) is 13.1 Å². The van der Waals surface area contributed by atoms with Crippen LogP contribution in [0.2, 0.25) is 0 Å². The molecule has 31 heavy (non-hydrogen) atoms. The Morgan fingerprint density at radius 1 is 1.16 bits per heavy atom. The number of para-hydroxylation sites is 1. The number of anilines is 1. The van der Waals surface area contributed by atoms with Crippen LogP contribution in [0.3, 0.4) is 0 Å². The number of carboxylic acid groups (broad SMARTS) is 1. The molecule has 0 bridgehead atoms. The molecule has 6 nitrogen and oxygen atoms in total. The van der Waals surface area contributed by atoms with Crippen molar-refractivity contribution in [3.63, 3.8) is 0 Å². The molecule has 1 unspecified atom stereocenters. The minimum Gasteiger partial charge on any atom is -0.475 e. The second-order valence-corrected chi connectivity index (χ2v) is 7.02. The summed E-state index contributed by atoms with van der Waals surface area (Å²) in [5, 5.41) is 11.3. The van der Waals surface area contributed by atoms with Crippen LogP contribution in [0.15, 0.2) is 65.2 Å². The van der Waals surface area contributed by atoms with Gasteiger partial charge in [0.15, 0.2) is 5.76 Å². The average Bonchev–Trinajstić information content (AvgIpc) is 3.22. The topological polar surface area (TPSA) is 92.6 Å². The van der Waals surface area contributed by atoms with E-state index in [9.17, 15) is 13.2 Å². The molecule has 0 radical (unpaired) electrons. The van der Waals surface area contributed by atoms with E-state index in [0.29, 0.717) is 12.5 Å². The number of carboxylic acids is 1. The van der Waals surface area contributed by atoms with E-state index >= 15 is 0 Å². The number of benzene rings is 2. The van der Waals surface area contributed by atoms with Gasteiger partial charge in [-0.05, 0) is 23.6 Å². The predicted molar refractivity (Wildman–Crippen MR) is 108 cm³/mol. The van der Waals surface area contributed by atoms with E-state index < -0.39 is 12.1 Å². The molecule has 1 aliphatic heterocycles. The fourth-order valence-electron chi connectivity index (χ4n) is 3.55. The van der Waals surface area contributed by atoms with Crippen LogP contribution in [0, 0.1) is 0 Å². The number of rotatable bonds is 4. The zero-order valence-corrected chi connectivity index (χ0v) is 16.5. The SMILES string of the molecule is NCc1cc(CN2CCC(c3ccccc3)c3ccccc32)no1.O=C(O)C(F)(F)F. The first-order chi connectivity index (χ1) is 14.8. The largest absolute Gasteiger partial charge is 0.490 e. The highest BCUT2D eigenvalue weighted by Gasteiger charge is 2.38. The van der Waals surface area contributed by atoms with E-state index in [2.05, 4.69) is 64.7 Å². The lowest BCUT2D eigenvalue weighted by atomic mass is 9.84. The lowest BCUT2D eigenvalue weighted by molar-refractivity contribution is -0.192. The summed E-state index contributed by atoms with van der Waals surface area (Å²) in [6.45, 7) is 2.14. The van der Waals surface area contributed by atoms with E-state index in [1.54, 1.807) is 0 Å². The summed E-state index contributed by atoms with van der Waals surface area (Å²) in [4.78, 5) is 11.3. The second kappa shape index (κ2) is 9.65. The van der Waals surface area contributed by atoms with Crippen molar-refractivity contribution in [1.82, 2.24) is 5.16 Å². The van der Waals surface area contributed by atoms with Gasteiger partial charge >= 0.3 is 12.1 Å². The van der Waals surface area contributed by atoms with Crippen molar-refractivity contribution >= 4 is 11.7 Å². The van der Waals surface area contributed by atoms with Crippen molar-refractivity contribution in [2.45, 2.75) is 31.6 Å². The number of carbonyl (C=O) groups is 1. The normalized spacial score (nSPS) is 15.6. The van der Waals surface area contributed by atoms with Crippen LogP contribution >= 0.6 is 0 Å². The molecule has 1 atom stereocenters. The number of hydrogen-bond donors (Lipinski definition) is 2. The Morgan fingerprint density at radius 2 is 1.81 bits per heavy atom. The third kappa shape index (κ3) is 5.64. The van der Waals surface area contributed by atoms with E-state index in [0.717, 1.165) is 31.0 Å². The third-order valence-electron chi connectivity index (χ3n) is 4.95. The zero-order chi connectivity index (χ0) is 22.4. The van der Waals surface area contributed by atoms with Crippen LogP contribution in [-0.4, -0.2) is 29.0 Å². The van der Waals surface area contributed by atoms with Crippen LogP contribution in [0.1, 0.15) is 34.9 Å². The Kier molecular flexibility index (Phi) is 6.96. The molecule has 0 fully saturated rings. The van der Waals surface area contributed by atoms with Gasteiger partial charge in [-0.1, -0.05) is 53.7 Å². The van der Waals surface area contributed by atoms with Crippen LogP contribution < -0.4 is 10.6 Å². The number of alkyl halides is 3. The smallest absolute Gasteiger partial charge is 0.475 e. The van der Waals surface area contributed by atoms with Gasteiger partial charge in [0, 0.05) is 24.2 Å². The van der Waals surface area contributed by atoms with Crippen molar-refractivity contribution in [3.05, 3.63) is 83.2 Å². The van der Waals surface area contributed by atoms with Gasteiger partial charge in [0.1, 0.15) is 5.69 Å². The monoisotopic (exact) mass is 433 g/mol. The molecule has 0 saturated heterocycles. The summed E-state index contributed by atoms with van der Waals surface area (Å²) < 4.78 is 37.0. The molecule has 0 aliphatic carbocycles. The van der Waals surface area contributed by atoms with Crippen LogP contribution in [-0.2, 0) is 17.9 Å². The molecule has 0 saturated carbocycles. The number of hydrogen-bond acceptors (Lipinski definition) is 5. The van der Waals surface area contributed by atoms with Crippen molar-refractivity contribution in [2.24, 2.45) is 5.73 Å². The number of halogens is 3. The zero-order valence-electron chi connectivity index (χ0n) is 16.5. The lowest BCUT2D eigenvalue weighted by Crippen LogP contribution is -2.31. The fourth-order valence-corrected chi connectivity index (χ4v) is 3.55. The lowest BCUT2D eigenvalue weighted by Gasteiger charge is -2.35. The van der Waals surface area contributed by atoms with E-state index in [1.165, 1.54) is 16.8 Å². The maximum Gasteiger partial charge on any atom is 0.490 e. The fraction of sp³-hybridized carbons (Fsp3) is 0.273. The van der Waals surface area contributed by atoms with Crippen LogP contribution in [0.5, 0.6) is 0 Å². The molecule has 3 aromatic rings. The van der Waals surface area contributed by atoms with Crippen LogP contribution in [0.25, 0.3) is 0 Å². The van der Waals surface area contributed by atoms with Gasteiger partial charge in [-0.2, -0.15) is 13.2 Å². The predicted octanol–water partition coefficient (Wildman–Crippen LogP) is 4.31. The highest BCUT2D eigenvalue weighted by Crippen LogP contribution is 2.39. The van der Waals surface area contributed by atoms with Crippen LogP contribution in [0.4, 0.5) is 18.9 Å². The number of aliphatic carboxylic acids is 1. The third-order valence-corrected chi connectivity index (χ3v) is 4.95. The molecular formula is C22H22F3N3O3. The van der Waals surface area contributed by atoms with Gasteiger partial charge in [-0.25, -0.2) is 4.79 Å². The van der Waals surface area contributed by atoms with Gasteiger partial charge in [-0.15, -0.1) is 0 Å². The van der Waals surface area contributed by atoms with E-state index in [-0.39, 0.29) is 0 Å². The summed E-state index contributed by atoms with van der Waals surface area (Å²) in [7, 11) is 0. The summed E-state index contributed by atoms with van der Waals surface area (Å²) in [6, 6.07) is 21.4. The van der Waals surface area contributed by atoms with Gasteiger partial charge < -0.3 is 20.3 Å². The molecule has 4 rings (SSSR count). The molecule has 1 aromatic heterocycles. The Hall–Kier alpha value is -3.33. The van der Waals surface area contributed by atoms with Crippen molar-refractivity contribution < 1.29 is 27.6 Å². The Bertz CT molecular complexity index is 1010. The first kappa shape index (κ1) is 22.4. The van der Waals surface area contributed by atoms with Crippen molar-refractivity contribution in [1.29, 1.82) is 0 Å².